The van der Waals surface area contributed by atoms with Gasteiger partial charge in [-0.25, -0.2) is 10.2 Å². The third kappa shape index (κ3) is 6.16. The van der Waals surface area contributed by atoms with E-state index in [1.54, 1.807) is 49.4 Å². The number of esters is 1. The van der Waals surface area contributed by atoms with Gasteiger partial charge in [0, 0.05) is 10.6 Å². The van der Waals surface area contributed by atoms with Gasteiger partial charge < -0.3 is 9.47 Å². The van der Waals surface area contributed by atoms with E-state index in [4.69, 9.17) is 21.1 Å². The van der Waals surface area contributed by atoms with Crippen molar-refractivity contribution in [2.75, 3.05) is 13.2 Å². The molecule has 0 atom stereocenters. The molecular weight excluding hydrogens is 424 g/mol. The monoisotopic (exact) mass is 438 g/mol. The normalized spacial score (nSPS) is 10.6. The summed E-state index contributed by atoms with van der Waals surface area (Å²) in [5, 5.41) is 4.47. The fourth-order valence-electron chi connectivity index (χ4n) is 1.89. The Kier molecular flexibility index (Phi) is 7.62. The molecule has 2 aromatic rings. The third-order valence-corrected chi connectivity index (χ3v) is 3.96. The molecule has 0 aliphatic carbocycles. The number of hydrogen-bond donors (Lipinski definition) is 1. The van der Waals surface area contributed by atoms with Gasteiger partial charge in [0.2, 0.25) is 0 Å². The van der Waals surface area contributed by atoms with Crippen LogP contribution in [-0.4, -0.2) is 31.3 Å². The largest absolute Gasteiger partial charge is 0.481 e. The van der Waals surface area contributed by atoms with Gasteiger partial charge >= 0.3 is 5.97 Å². The first kappa shape index (κ1) is 19.9. The topological polar surface area (TPSA) is 77.0 Å². The number of nitrogens with one attached hydrogen (secondary N) is 1. The Morgan fingerprint density at radius 3 is 2.62 bits per heavy atom. The van der Waals surface area contributed by atoms with Crippen molar-refractivity contribution in [1.82, 2.24) is 5.43 Å². The van der Waals surface area contributed by atoms with Gasteiger partial charge in [0.1, 0.15) is 5.75 Å². The van der Waals surface area contributed by atoms with Gasteiger partial charge in [-0.1, -0.05) is 11.6 Å². The average Bonchev–Trinajstić information content (AvgIpc) is 2.61. The van der Waals surface area contributed by atoms with E-state index in [0.29, 0.717) is 27.4 Å². The molecule has 0 fully saturated rings. The van der Waals surface area contributed by atoms with Gasteiger partial charge in [0.05, 0.1) is 17.3 Å². The number of amides is 1. The Morgan fingerprint density at radius 2 is 1.96 bits per heavy atom. The highest BCUT2D eigenvalue weighted by atomic mass is 79.9. The fourth-order valence-corrected chi connectivity index (χ4v) is 2.52. The number of ether oxygens (including phenoxy) is 2. The number of carbonyl (C=O) groups is 2. The van der Waals surface area contributed by atoms with Crippen LogP contribution in [0.5, 0.6) is 5.75 Å². The molecule has 0 heterocycles. The van der Waals surface area contributed by atoms with E-state index in [-0.39, 0.29) is 12.5 Å². The Balaban J connectivity index is 1.92. The van der Waals surface area contributed by atoms with Crippen molar-refractivity contribution in [2.45, 2.75) is 6.92 Å². The van der Waals surface area contributed by atoms with Gasteiger partial charge in [0.25, 0.3) is 5.91 Å². The van der Waals surface area contributed by atoms with Gasteiger partial charge in [0.15, 0.2) is 6.61 Å². The van der Waals surface area contributed by atoms with Crippen LogP contribution in [0.25, 0.3) is 0 Å². The van der Waals surface area contributed by atoms with E-state index in [0.717, 1.165) is 5.56 Å². The number of hydrazone groups is 1. The zero-order valence-electron chi connectivity index (χ0n) is 13.9. The molecule has 0 bridgehead atoms. The van der Waals surface area contributed by atoms with Gasteiger partial charge in [-0.3, -0.25) is 4.79 Å². The number of hydrogen-bond acceptors (Lipinski definition) is 5. The highest BCUT2D eigenvalue weighted by Crippen LogP contribution is 2.25. The summed E-state index contributed by atoms with van der Waals surface area (Å²) in [6, 6.07) is 11.7. The zero-order chi connectivity index (χ0) is 18.9. The zero-order valence-corrected chi connectivity index (χ0v) is 16.2. The summed E-state index contributed by atoms with van der Waals surface area (Å²) in [6.45, 7) is 1.87. The highest BCUT2D eigenvalue weighted by molar-refractivity contribution is 9.10. The second kappa shape index (κ2) is 9.94. The summed E-state index contributed by atoms with van der Waals surface area (Å²) in [5.74, 6) is -0.276. The van der Waals surface area contributed by atoms with E-state index < -0.39 is 5.97 Å². The number of halogens is 2. The number of nitrogens with zero attached hydrogens (tertiary/aromatic N) is 1. The molecule has 0 saturated carbocycles. The molecular formula is C18H16BrClN2O4. The molecule has 8 heteroatoms. The molecule has 0 aromatic heterocycles. The Labute approximate surface area is 164 Å². The third-order valence-electron chi connectivity index (χ3n) is 3.09. The predicted octanol–water partition coefficient (Wildman–Crippen LogP) is 3.81. The molecule has 0 spiro atoms. The lowest BCUT2D eigenvalue weighted by molar-refractivity contribution is -0.145. The molecule has 0 radical (unpaired) electrons. The molecule has 1 N–H and O–H groups in total. The number of rotatable bonds is 7. The van der Waals surface area contributed by atoms with Crippen LogP contribution in [0.3, 0.4) is 0 Å². The molecule has 2 aromatic carbocycles. The lowest BCUT2D eigenvalue weighted by atomic mass is 10.2. The van der Waals surface area contributed by atoms with Crippen LogP contribution in [0.1, 0.15) is 22.8 Å². The van der Waals surface area contributed by atoms with Crippen LogP contribution in [0.2, 0.25) is 5.02 Å². The van der Waals surface area contributed by atoms with Crippen LogP contribution >= 0.6 is 27.5 Å². The van der Waals surface area contributed by atoms with Gasteiger partial charge in [-0.2, -0.15) is 5.10 Å². The second-order valence-corrected chi connectivity index (χ2v) is 6.28. The lowest BCUT2D eigenvalue weighted by Crippen LogP contribution is -2.17. The first-order valence-electron chi connectivity index (χ1n) is 7.66. The number of carbonyl (C=O) groups excluding carboxylic acids is 2. The summed E-state index contributed by atoms with van der Waals surface area (Å²) in [4.78, 5) is 23.2. The Morgan fingerprint density at radius 1 is 1.23 bits per heavy atom. The van der Waals surface area contributed by atoms with E-state index in [1.807, 2.05) is 0 Å². The van der Waals surface area contributed by atoms with Crippen LogP contribution in [0.15, 0.2) is 52.0 Å². The van der Waals surface area contributed by atoms with Crippen molar-refractivity contribution in [1.29, 1.82) is 0 Å². The lowest BCUT2D eigenvalue weighted by Gasteiger charge is -2.08. The maximum atomic E-state index is 11.9. The van der Waals surface area contributed by atoms with Crippen molar-refractivity contribution in [2.24, 2.45) is 5.10 Å². The Hall–Kier alpha value is -2.38. The molecule has 0 aliphatic rings. The molecule has 0 unspecified atom stereocenters. The van der Waals surface area contributed by atoms with E-state index in [1.165, 1.54) is 6.21 Å². The molecule has 136 valence electrons. The van der Waals surface area contributed by atoms with E-state index in [2.05, 4.69) is 26.5 Å². The molecule has 2 rings (SSSR count). The average molecular weight is 440 g/mol. The minimum atomic E-state index is -0.435. The van der Waals surface area contributed by atoms with E-state index in [9.17, 15) is 9.59 Å². The molecule has 0 saturated heterocycles. The van der Waals surface area contributed by atoms with Gasteiger partial charge in [-0.05, 0) is 70.9 Å². The summed E-state index contributed by atoms with van der Waals surface area (Å²) < 4.78 is 10.8. The van der Waals surface area contributed by atoms with Crippen molar-refractivity contribution < 1.29 is 19.1 Å². The number of benzene rings is 2. The first-order chi connectivity index (χ1) is 12.5. The van der Waals surface area contributed by atoms with Crippen LogP contribution in [0.4, 0.5) is 0 Å². The minimum Gasteiger partial charge on any atom is -0.481 e. The predicted molar refractivity (Wildman–Crippen MR) is 103 cm³/mol. The summed E-state index contributed by atoms with van der Waals surface area (Å²) in [7, 11) is 0. The quantitative estimate of drug-likeness (QED) is 0.404. The fraction of sp³-hybridized carbons (Fsp3) is 0.167. The molecule has 1 amide bonds. The maximum absolute atomic E-state index is 11.9. The van der Waals surface area contributed by atoms with Crippen molar-refractivity contribution >= 4 is 45.6 Å². The summed E-state index contributed by atoms with van der Waals surface area (Å²) in [6.07, 6.45) is 1.49. The van der Waals surface area contributed by atoms with Crippen molar-refractivity contribution in [3.05, 3.63) is 63.1 Å². The standard InChI is InChI=1S/C18H16BrClN2O4/c1-2-25-17(23)11-26-16-8-3-12(9-15(16)19)10-21-22-18(24)13-4-6-14(20)7-5-13/h3-10H,2,11H2,1H3,(H,22,24)/b21-10-. The van der Waals surface area contributed by atoms with Gasteiger partial charge in [-0.15, -0.1) is 0 Å². The molecule has 26 heavy (non-hydrogen) atoms. The maximum Gasteiger partial charge on any atom is 0.344 e. The van der Waals surface area contributed by atoms with Crippen LogP contribution in [0, 0.1) is 0 Å². The van der Waals surface area contributed by atoms with Crippen LogP contribution < -0.4 is 10.2 Å². The highest BCUT2D eigenvalue weighted by Gasteiger charge is 2.07. The SMILES string of the molecule is CCOC(=O)COc1ccc(/C=N\NC(=O)c2ccc(Cl)cc2)cc1Br. The Bertz CT molecular complexity index is 809. The van der Waals surface area contributed by atoms with E-state index >= 15 is 0 Å². The summed E-state index contributed by atoms with van der Waals surface area (Å²) >= 11 is 9.14. The second-order valence-electron chi connectivity index (χ2n) is 4.99. The summed E-state index contributed by atoms with van der Waals surface area (Å²) in [5.41, 5.74) is 3.62. The molecule has 6 nitrogen and oxygen atoms in total. The smallest absolute Gasteiger partial charge is 0.344 e. The minimum absolute atomic E-state index is 0.170. The van der Waals surface area contributed by atoms with Crippen LogP contribution in [-0.2, 0) is 9.53 Å². The molecule has 0 aliphatic heterocycles. The first-order valence-corrected chi connectivity index (χ1v) is 8.83. The van der Waals surface area contributed by atoms with Crippen molar-refractivity contribution in [3.63, 3.8) is 0 Å². The van der Waals surface area contributed by atoms with Crippen molar-refractivity contribution in [3.8, 4) is 5.75 Å².